The van der Waals surface area contributed by atoms with Crippen molar-refractivity contribution in [1.29, 1.82) is 0 Å². The molecule has 1 aliphatic heterocycles. The van der Waals surface area contributed by atoms with Crippen LogP contribution in [0.5, 0.6) is 5.75 Å². The van der Waals surface area contributed by atoms with Crippen LogP contribution >= 0.6 is 0 Å². The van der Waals surface area contributed by atoms with Gasteiger partial charge in [0.15, 0.2) is 5.82 Å². The van der Waals surface area contributed by atoms with E-state index in [-0.39, 0.29) is 18.0 Å². The SMILES string of the molecule is CCn1c(-c2nc3cc(C(=O)N4CCC[C@@H](OC(N)=O)C4)cc(OC)c3n2C)cc2ccc(=O)[nH]c21. The van der Waals surface area contributed by atoms with E-state index >= 15 is 0 Å². The van der Waals surface area contributed by atoms with E-state index in [1.54, 1.807) is 30.2 Å². The summed E-state index contributed by atoms with van der Waals surface area (Å²) in [6.45, 7) is 3.47. The lowest BCUT2D eigenvalue weighted by Gasteiger charge is -2.32. The summed E-state index contributed by atoms with van der Waals surface area (Å²) in [5, 5.41) is 0.902. The molecule has 4 heterocycles. The Hall–Kier alpha value is -4.28. The lowest BCUT2D eigenvalue weighted by molar-refractivity contribution is 0.0373. The van der Waals surface area contributed by atoms with Crippen LogP contribution in [-0.4, -0.2) is 62.3 Å². The molecule has 5 rings (SSSR count). The molecule has 0 bridgehead atoms. The van der Waals surface area contributed by atoms with Gasteiger partial charge in [-0.2, -0.15) is 0 Å². The lowest BCUT2D eigenvalue weighted by atomic mass is 10.1. The third kappa shape index (κ3) is 3.96. The van der Waals surface area contributed by atoms with Crippen molar-refractivity contribution in [3.05, 3.63) is 46.2 Å². The van der Waals surface area contributed by atoms with Crippen molar-refractivity contribution in [2.75, 3.05) is 20.2 Å². The van der Waals surface area contributed by atoms with E-state index in [1.807, 2.05) is 29.2 Å². The molecule has 0 aliphatic carbocycles. The van der Waals surface area contributed by atoms with Gasteiger partial charge in [0.05, 0.1) is 24.9 Å². The first-order chi connectivity index (χ1) is 17.3. The molecule has 1 aliphatic rings. The fourth-order valence-corrected chi connectivity index (χ4v) is 5.06. The number of imidazole rings is 1. The average molecular weight is 493 g/mol. The minimum Gasteiger partial charge on any atom is -0.494 e. The van der Waals surface area contributed by atoms with Crippen LogP contribution in [0.4, 0.5) is 4.79 Å². The lowest BCUT2D eigenvalue weighted by Crippen LogP contribution is -2.44. The second-order valence-electron chi connectivity index (χ2n) is 8.89. The fourth-order valence-electron chi connectivity index (χ4n) is 5.06. The first-order valence-electron chi connectivity index (χ1n) is 11.8. The molecule has 1 atom stereocenters. The standard InChI is InChI=1S/C25H28N6O5/c1-4-31-18(11-14-7-8-20(32)28-22(14)31)23-27-17-10-15(12-19(35-3)21(17)29(23)2)24(33)30-9-5-6-16(13-30)36-25(26)34/h7-8,10-12,16H,4-6,9,13H2,1-3H3,(H2,26,34)(H,28,32)/t16-/m1/s1. The molecule has 0 spiro atoms. The highest BCUT2D eigenvalue weighted by Gasteiger charge is 2.28. The van der Waals surface area contributed by atoms with Crippen LogP contribution in [0.2, 0.25) is 0 Å². The Morgan fingerprint density at radius 1 is 1.25 bits per heavy atom. The van der Waals surface area contributed by atoms with Crippen LogP contribution in [0, 0.1) is 0 Å². The minimum absolute atomic E-state index is 0.169. The largest absolute Gasteiger partial charge is 0.494 e. The second kappa shape index (κ2) is 9.06. The van der Waals surface area contributed by atoms with Crippen LogP contribution < -0.4 is 16.0 Å². The van der Waals surface area contributed by atoms with E-state index in [9.17, 15) is 14.4 Å². The van der Waals surface area contributed by atoms with Crippen molar-refractivity contribution >= 4 is 34.1 Å². The zero-order valence-corrected chi connectivity index (χ0v) is 20.4. The quantitative estimate of drug-likeness (QED) is 0.439. The van der Waals surface area contributed by atoms with Crippen molar-refractivity contribution in [2.45, 2.75) is 32.4 Å². The Labute approximate surface area is 206 Å². The number of hydrogen-bond donors (Lipinski definition) is 2. The maximum Gasteiger partial charge on any atom is 0.404 e. The van der Waals surface area contributed by atoms with Crippen LogP contribution in [0.1, 0.15) is 30.1 Å². The van der Waals surface area contributed by atoms with Crippen LogP contribution in [0.25, 0.3) is 33.6 Å². The molecule has 1 fully saturated rings. The number of aryl methyl sites for hydroxylation is 2. The number of nitrogens with one attached hydrogen (secondary N) is 1. The van der Waals surface area contributed by atoms with Gasteiger partial charge in [0.25, 0.3) is 5.91 Å². The number of hydrogen-bond acceptors (Lipinski definition) is 6. The van der Waals surface area contributed by atoms with E-state index in [0.717, 1.165) is 22.2 Å². The molecule has 0 unspecified atom stereocenters. The number of carbonyl (C=O) groups is 2. The molecule has 3 N–H and O–H groups in total. The van der Waals surface area contributed by atoms with E-state index in [0.29, 0.717) is 48.6 Å². The van der Waals surface area contributed by atoms with Gasteiger partial charge >= 0.3 is 6.09 Å². The fraction of sp³-hybridized carbons (Fsp3) is 0.360. The van der Waals surface area contributed by atoms with Gasteiger partial charge in [0.2, 0.25) is 5.56 Å². The van der Waals surface area contributed by atoms with Gasteiger partial charge < -0.3 is 34.2 Å². The number of pyridine rings is 1. The van der Waals surface area contributed by atoms with E-state index in [2.05, 4.69) is 4.98 Å². The van der Waals surface area contributed by atoms with Crippen molar-refractivity contribution in [1.82, 2.24) is 24.0 Å². The molecule has 188 valence electrons. The summed E-state index contributed by atoms with van der Waals surface area (Å²) >= 11 is 0. The van der Waals surface area contributed by atoms with Gasteiger partial charge in [-0.05, 0) is 44.0 Å². The number of piperidine rings is 1. The molecule has 3 aromatic heterocycles. The molecule has 0 saturated carbocycles. The van der Waals surface area contributed by atoms with Crippen molar-refractivity contribution < 1.29 is 19.1 Å². The predicted octanol–water partition coefficient (Wildman–Crippen LogP) is 2.61. The summed E-state index contributed by atoms with van der Waals surface area (Å²) < 4.78 is 14.7. The zero-order chi connectivity index (χ0) is 25.6. The molecular weight excluding hydrogens is 464 g/mol. The summed E-state index contributed by atoms with van der Waals surface area (Å²) in [7, 11) is 3.45. The van der Waals surface area contributed by atoms with Gasteiger partial charge in [-0.15, -0.1) is 0 Å². The van der Waals surface area contributed by atoms with Crippen LogP contribution in [0.15, 0.2) is 35.1 Å². The number of H-pyrrole nitrogens is 1. The third-order valence-corrected chi connectivity index (χ3v) is 6.68. The van der Waals surface area contributed by atoms with E-state index in [4.69, 9.17) is 20.2 Å². The van der Waals surface area contributed by atoms with Crippen molar-refractivity contribution in [2.24, 2.45) is 12.8 Å². The Bertz CT molecular complexity index is 1550. The number of rotatable bonds is 5. The summed E-state index contributed by atoms with van der Waals surface area (Å²) in [5.74, 6) is 1.01. The molecule has 0 radical (unpaired) electrons. The number of methoxy groups -OCH3 is 1. The number of nitrogens with zero attached hydrogens (tertiary/aromatic N) is 4. The van der Waals surface area contributed by atoms with Gasteiger partial charge in [-0.25, -0.2) is 9.78 Å². The number of amides is 2. The van der Waals surface area contributed by atoms with E-state index in [1.165, 1.54) is 6.07 Å². The Balaban J connectivity index is 1.58. The molecule has 11 heteroatoms. The number of likely N-dealkylation sites (tertiary alicyclic amines) is 1. The Morgan fingerprint density at radius 3 is 2.78 bits per heavy atom. The monoisotopic (exact) mass is 492 g/mol. The average Bonchev–Trinajstić information content (AvgIpc) is 3.39. The predicted molar refractivity (Wildman–Crippen MR) is 134 cm³/mol. The summed E-state index contributed by atoms with van der Waals surface area (Å²) in [6.07, 6.45) is 0.109. The molecule has 36 heavy (non-hydrogen) atoms. The topological polar surface area (TPSA) is 137 Å². The van der Waals surface area contributed by atoms with Crippen molar-refractivity contribution in [3.8, 4) is 17.3 Å². The molecule has 1 aromatic carbocycles. The van der Waals surface area contributed by atoms with Gasteiger partial charge in [0, 0.05) is 37.2 Å². The molecule has 1 saturated heterocycles. The number of benzene rings is 1. The smallest absolute Gasteiger partial charge is 0.404 e. The molecule has 11 nitrogen and oxygen atoms in total. The van der Waals surface area contributed by atoms with Crippen LogP contribution in [0.3, 0.4) is 0 Å². The van der Waals surface area contributed by atoms with Gasteiger partial charge in [-0.3, -0.25) is 9.59 Å². The normalized spacial score (nSPS) is 16.0. The zero-order valence-electron chi connectivity index (χ0n) is 20.4. The number of primary amides is 1. The number of ether oxygens (including phenoxy) is 2. The summed E-state index contributed by atoms with van der Waals surface area (Å²) in [5.41, 5.74) is 8.35. The van der Waals surface area contributed by atoms with Crippen molar-refractivity contribution in [3.63, 3.8) is 0 Å². The number of aromatic amines is 1. The van der Waals surface area contributed by atoms with Gasteiger partial charge in [-0.1, -0.05) is 0 Å². The molecule has 4 aromatic rings. The third-order valence-electron chi connectivity index (χ3n) is 6.68. The summed E-state index contributed by atoms with van der Waals surface area (Å²) in [4.78, 5) is 45.9. The van der Waals surface area contributed by atoms with E-state index < -0.39 is 12.2 Å². The highest BCUT2D eigenvalue weighted by Crippen LogP contribution is 2.34. The first-order valence-corrected chi connectivity index (χ1v) is 11.8. The maximum absolute atomic E-state index is 13.4. The maximum atomic E-state index is 13.4. The highest BCUT2D eigenvalue weighted by molar-refractivity contribution is 6.00. The highest BCUT2D eigenvalue weighted by atomic mass is 16.6. The number of fused-ring (bicyclic) bond motifs is 2. The first kappa shape index (κ1) is 23.5. The number of carbonyl (C=O) groups excluding carboxylic acids is 2. The molecule has 2 amide bonds. The number of nitrogens with two attached hydrogens (primary N) is 1. The Morgan fingerprint density at radius 2 is 2.06 bits per heavy atom. The minimum atomic E-state index is -0.841. The second-order valence-corrected chi connectivity index (χ2v) is 8.89. The van der Waals surface area contributed by atoms with Gasteiger partial charge in [0.1, 0.15) is 23.0 Å². The number of aromatic nitrogens is 4. The summed E-state index contributed by atoms with van der Waals surface area (Å²) in [6, 6.07) is 8.74. The Kier molecular flexibility index (Phi) is 5.91. The molecular formula is C25H28N6O5. The van der Waals surface area contributed by atoms with Crippen LogP contribution in [-0.2, 0) is 18.3 Å².